The smallest absolute Gasteiger partial charge is 0.280 e. The first-order valence-corrected chi connectivity index (χ1v) is 8.29. The number of methoxy groups -OCH3 is 1. The van der Waals surface area contributed by atoms with Crippen molar-refractivity contribution < 1.29 is 19.1 Å². The van der Waals surface area contributed by atoms with Crippen molar-refractivity contribution in [3.8, 4) is 11.5 Å². The maximum Gasteiger partial charge on any atom is 0.280 e. The highest BCUT2D eigenvalue weighted by Gasteiger charge is 2.14. The quantitative estimate of drug-likeness (QED) is 0.815. The molecule has 2 amide bonds. The molecule has 2 rings (SSSR count). The average molecular weight is 348 g/mol. The Hall–Kier alpha value is -2.54. The predicted molar refractivity (Wildman–Crippen MR) is 92.7 cm³/mol. The van der Waals surface area contributed by atoms with Crippen LogP contribution in [0.5, 0.6) is 11.5 Å². The van der Waals surface area contributed by atoms with Crippen molar-refractivity contribution in [1.82, 2.24) is 10.9 Å². The number of hydrogen-bond donors (Lipinski definition) is 2. The van der Waals surface area contributed by atoms with Crippen LogP contribution in [0.1, 0.15) is 39.4 Å². The molecule has 0 saturated carbocycles. The Morgan fingerprint density at radius 1 is 1.08 bits per heavy atom. The van der Waals surface area contributed by atoms with Gasteiger partial charge < -0.3 is 9.47 Å². The molecule has 1 aromatic heterocycles. The van der Waals surface area contributed by atoms with Gasteiger partial charge >= 0.3 is 0 Å². The van der Waals surface area contributed by atoms with Gasteiger partial charge in [0.05, 0.1) is 18.1 Å². The van der Waals surface area contributed by atoms with E-state index in [0.717, 1.165) is 5.56 Å². The lowest BCUT2D eigenvalue weighted by Crippen LogP contribution is -2.41. The Morgan fingerprint density at radius 2 is 1.79 bits per heavy atom. The van der Waals surface area contributed by atoms with Gasteiger partial charge in [0.1, 0.15) is 0 Å². The van der Waals surface area contributed by atoms with Gasteiger partial charge in [-0.05, 0) is 56.0 Å². The van der Waals surface area contributed by atoms with Crippen LogP contribution >= 0.6 is 11.3 Å². The molecule has 1 aromatic carbocycles. The Morgan fingerprint density at radius 3 is 2.38 bits per heavy atom. The van der Waals surface area contributed by atoms with E-state index in [9.17, 15) is 9.59 Å². The minimum absolute atomic E-state index is 0.00750. The highest BCUT2D eigenvalue weighted by molar-refractivity contribution is 7.12. The third kappa shape index (κ3) is 4.26. The van der Waals surface area contributed by atoms with E-state index in [1.54, 1.807) is 18.2 Å². The molecular formula is C17H20N2O4S. The Balaban J connectivity index is 2.04. The second-order valence-corrected chi connectivity index (χ2v) is 6.29. The summed E-state index contributed by atoms with van der Waals surface area (Å²) in [5.41, 5.74) is 6.02. The van der Waals surface area contributed by atoms with Gasteiger partial charge in [0.15, 0.2) is 11.5 Å². The van der Waals surface area contributed by atoms with Gasteiger partial charge in [-0.15, -0.1) is 11.3 Å². The number of benzene rings is 1. The summed E-state index contributed by atoms with van der Waals surface area (Å²) in [6.07, 6.45) is -0.00750. The lowest BCUT2D eigenvalue weighted by Gasteiger charge is -2.14. The third-order valence-electron chi connectivity index (χ3n) is 3.15. The summed E-state index contributed by atoms with van der Waals surface area (Å²) in [4.78, 5) is 24.8. The fourth-order valence-electron chi connectivity index (χ4n) is 2.01. The molecule has 0 unspecified atom stereocenters. The predicted octanol–water partition coefficient (Wildman–Crippen LogP) is 2.93. The summed E-state index contributed by atoms with van der Waals surface area (Å²) in [6, 6.07) is 6.69. The number of nitrogens with one attached hydrogen (secondary N) is 2. The fraction of sp³-hybridized carbons (Fsp3) is 0.294. The summed E-state index contributed by atoms with van der Waals surface area (Å²) in [7, 11) is 1.51. The van der Waals surface area contributed by atoms with Crippen molar-refractivity contribution in [3.63, 3.8) is 0 Å². The first-order chi connectivity index (χ1) is 11.4. The summed E-state index contributed by atoms with van der Waals surface area (Å²) in [5, 5.41) is 1.82. The van der Waals surface area contributed by atoms with Crippen molar-refractivity contribution in [3.05, 3.63) is 45.6 Å². The van der Waals surface area contributed by atoms with Crippen LogP contribution in [0.4, 0.5) is 0 Å². The molecule has 0 atom stereocenters. The number of ether oxygens (including phenoxy) is 2. The van der Waals surface area contributed by atoms with Crippen LogP contribution < -0.4 is 20.3 Å². The SMILES string of the molecule is COc1cc(C(=O)NNC(=O)c2sccc2C)ccc1OC(C)C. The minimum atomic E-state index is -0.438. The van der Waals surface area contributed by atoms with Gasteiger partial charge in [0, 0.05) is 5.56 Å². The normalized spacial score (nSPS) is 10.4. The van der Waals surface area contributed by atoms with Gasteiger partial charge in [0.25, 0.3) is 11.8 Å². The van der Waals surface area contributed by atoms with E-state index in [2.05, 4.69) is 10.9 Å². The van der Waals surface area contributed by atoms with Crippen LogP contribution in [0, 0.1) is 6.92 Å². The van der Waals surface area contributed by atoms with Crippen LogP contribution in [0.15, 0.2) is 29.6 Å². The Labute approximate surface area is 144 Å². The van der Waals surface area contributed by atoms with Gasteiger partial charge in [-0.1, -0.05) is 0 Å². The Kier molecular flexibility index (Phi) is 5.81. The van der Waals surface area contributed by atoms with E-state index in [1.165, 1.54) is 18.4 Å². The van der Waals surface area contributed by atoms with Crippen LogP contribution in [0.3, 0.4) is 0 Å². The zero-order valence-electron chi connectivity index (χ0n) is 14.0. The number of amides is 2. The molecule has 1 heterocycles. The highest BCUT2D eigenvalue weighted by atomic mass is 32.1. The van der Waals surface area contributed by atoms with E-state index in [0.29, 0.717) is 21.9 Å². The molecule has 6 nitrogen and oxygen atoms in total. The maximum absolute atomic E-state index is 12.2. The van der Waals surface area contributed by atoms with Gasteiger partial charge in [0.2, 0.25) is 0 Å². The van der Waals surface area contributed by atoms with Crippen LogP contribution in [0.25, 0.3) is 0 Å². The second kappa shape index (κ2) is 7.83. The molecule has 0 aliphatic heterocycles. The molecular weight excluding hydrogens is 328 g/mol. The molecule has 2 N–H and O–H groups in total. The molecule has 0 fully saturated rings. The van der Waals surface area contributed by atoms with Gasteiger partial charge in [-0.2, -0.15) is 0 Å². The molecule has 2 aromatic rings. The number of aryl methyl sites for hydroxylation is 1. The van der Waals surface area contributed by atoms with E-state index < -0.39 is 5.91 Å². The average Bonchev–Trinajstić information content (AvgIpc) is 2.98. The number of hydrogen-bond acceptors (Lipinski definition) is 5. The van der Waals surface area contributed by atoms with Crippen LogP contribution in [-0.4, -0.2) is 25.0 Å². The third-order valence-corrected chi connectivity index (χ3v) is 4.16. The van der Waals surface area contributed by atoms with Crippen LogP contribution in [0.2, 0.25) is 0 Å². The minimum Gasteiger partial charge on any atom is -0.493 e. The molecule has 0 saturated heterocycles. The lowest BCUT2D eigenvalue weighted by molar-refractivity contribution is 0.0848. The maximum atomic E-state index is 12.2. The monoisotopic (exact) mass is 348 g/mol. The second-order valence-electron chi connectivity index (χ2n) is 5.37. The zero-order valence-corrected chi connectivity index (χ0v) is 14.8. The number of hydrazine groups is 1. The lowest BCUT2D eigenvalue weighted by atomic mass is 10.2. The summed E-state index contributed by atoms with van der Waals surface area (Å²) < 4.78 is 10.9. The first kappa shape index (κ1) is 17.8. The van der Waals surface area contributed by atoms with Crippen molar-refractivity contribution in [2.24, 2.45) is 0 Å². The van der Waals surface area contributed by atoms with E-state index in [1.807, 2.05) is 32.2 Å². The van der Waals surface area contributed by atoms with E-state index >= 15 is 0 Å². The largest absolute Gasteiger partial charge is 0.493 e. The molecule has 0 aliphatic rings. The molecule has 0 aliphatic carbocycles. The number of carbonyl (C=O) groups excluding carboxylic acids is 2. The van der Waals surface area contributed by atoms with Crippen LogP contribution in [-0.2, 0) is 0 Å². The van der Waals surface area contributed by atoms with Gasteiger partial charge in [-0.25, -0.2) is 0 Å². The van der Waals surface area contributed by atoms with E-state index in [-0.39, 0.29) is 12.0 Å². The van der Waals surface area contributed by atoms with Crippen molar-refractivity contribution in [2.45, 2.75) is 26.9 Å². The zero-order chi connectivity index (χ0) is 17.7. The molecule has 7 heteroatoms. The van der Waals surface area contributed by atoms with E-state index in [4.69, 9.17) is 9.47 Å². The topological polar surface area (TPSA) is 76.7 Å². The number of rotatable bonds is 5. The highest BCUT2D eigenvalue weighted by Crippen LogP contribution is 2.28. The number of thiophene rings is 1. The summed E-state index contributed by atoms with van der Waals surface area (Å²) >= 11 is 1.32. The molecule has 128 valence electrons. The van der Waals surface area contributed by atoms with Crippen molar-refractivity contribution >= 4 is 23.2 Å². The standard InChI is InChI=1S/C17H20N2O4S/c1-10(2)23-13-6-5-12(9-14(13)22-4)16(20)18-19-17(21)15-11(3)7-8-24-15/h5-10H,1-4H3,(H,18,20)(H,19,21). The van der Waals surface area contributed by atoms with Crippen molar-refractivity contribution in [1.29, 1.82) is 0 Å². The van der Waals surface area contributed by atoms with Gasteiger partial charge in [-0.3, -0.25) is 20.4 Å². The van der Waals surface area contributed by atoms with Crippen molar-refractivity contribution in [2.75, 3.05) is 7.11 Å². The molecule has 0 spiro atoms. The summed E-state index contributed by atoms with van der Waals surface area (Å²) in [5.74, 6) is 0.230. The Bertz CT molecular complexity index is 740. The first-order valence-electron chi connectivity index (χ1n) is 7.42. The molecule has 0 bridgehead atoms. The summed E-state index contributed by atoms with van der Waals surface area (Å²) in [6.45, 7) is 5.65. The fourth-order valence-corrected chi connectivity index (χ4v) is 2.83. The molecule has 0 radical (unpaired) electrons. The molecule has 24 heavy (non-hydrogen) atoms. The number of carbonyl (C=O) groups is 2.